The zero-order valence-electron chi connectivity index (χ0n) is 34.9. The van der Waals surface area contributed by atoms with Crippen molar-refractivity contribution in [3.05, 3.63) is 118 Å². The number of aryl methyl sites for hydroxylation is 1. The van der Waals surface area contributed by atoms with Crippen molar-refractivity contribution in [1.29, 1.82) is 0 Å². The number of rotatable bonds is 14. The Bertz CT molecular complexity index is 2190. The van der Waals surface area contributed by atoms with Gasteiger partial charge in [0.2, 0.25) is 0 Å². The Hall–Kier alpha value is -5.15. The van der Waals surface area contributed by atoms with E-state index >= 15 is 0 Å². The molecule has 6 rings (SSSR count). The molecule has 4 heterocycles. The van der Waals surface area contributed by atoms with Gasteiger partial charge in [0.05, 0.1) is 46.5 Å². The van der Waals surface area contributed by atoms with Crippen LogP contribution in [0.25, 0.3) is 21.9 Å². The first-order valence-electron chi connectivity index (χ1n) is 19.5. The number of hydrogen-bond donors (Lipinski definition) is 3. The van der Waals surface area contributed by atoms with Crippen LogP contribution in [0.5, 0.6) is 0 Å². The minimum Gasteiger partial charge on any atom is -0.400 e. The van der Waals surface area contributed by atoms with Crippen molar-refractivity contribution in [3.8, 4) is 0 Å². The number of aromatic amines is 1. The molecule has 318 valence electrons. The Labute approximate surface area is 349 Å². The molecular weight excluding hydrogens is 781 g/mol. The molecule has 0 aliphatic carbocycles. The first-order chi connectivity index (χ1) is 28.4. The van der Waals surface area contributed by atoms with Gasteiger partial charge in [-0.3, -0.25) is 24.8 Å². The number of aromatic nitrogens is 5. The van der Waals surface area contributed by atoms with E-state index in [-0.39, 0.29) is 17.2 Å². The van der Waals surface area contributed by atoms with E-state index in [9.17, 15) is 18.0 Å². The van der Waals surface area contributed by atoms with Gasteiger partial charge in [-0.2, -0.15) is 18.3 Å². The number of aliphatic imine (C=N–C) groups is 1. The van der Waals surface area contributed by atoms with Gasteiger partial charge in [0.15, 0.2) is 0 Å². The van der Waals surface area contributed by atoms with E-state index in [0.717, 1.165) is 99.2 Å². The molecule has 5 aromatic rings. The molecule has 0 bridgehead atoms. The van der Waals surface area contributed by atoms with Crippen molar-refractivity contribution in [2.24, 2.45) is 4.99 Å². The van der Waals surface area contributed by atoms with E-state index in [2.05, 4.69) is 85.9 Å². The second-order valence-electron chi connectivity index (χ2n) is 13.2. The number of aldehydes is 1. The van der Waals surface area contributed by atoms with Crippen molar-refractivity contribution >= 4 is 52.2 Å². The Balaban J connectivity index is 0.000000386. The van der Waals surface area contributed by atoms with Crippen molar-refractivity contribution in [1.82, 2.24) is 29.6 Å². The second-order valence-corrected chi connectivity index (χ2v) is 13.7. The van der Waals surface area contributed by atoms with Crippen LogP contribution in [-0.2, 0) is 30.4 Å². The number of halogens is 4. The normalized spacial score (nSPS) is 13.8. The molecule has 3 N–H and O–H groups in total. The van der Waals surface area contributed by atoms with Gasteiger partial charge in [0.25, 0.3) is 0 Å². The number of pyridine rings is 1. The van der Waals surface area contributed by atoms with Crippen molar-refractivity contribution in [3.63, 3.8) is 0 Å². The molecular formula is C44H56ClF3N8O3. The molecule has 1 aliphatic rings. The van der Waals surface area contributed by atoms with E-state index in [1.54, 1.807) is 13.1 Å². The van der Waals surface area contributed by atoms with E-state index < -0.39 is 11.7 Å². The minimum atomic E-state index is -4.51. The number of ether oxygens (including phenoxy) is 1. The molecule has 0 saturated heterocycles. The third-order valence-corrected chi connectivity index (χ3v) is 9.36. The number of anilines is 1. The summed E-state index contributed by atoms with van der Waals surface area (Å²) in [5.41, 5.74) is 5.78. The number of allylic oxidation sites excluding steroid dienone is 4. The Morgan fingerprint density at radius 3 is 2.56 bits per heavy atom. The molecule has 0 saturated carbocycles. The number of hydrogen-bond acceptors (Lipinski definition) is 9. The van der Waals surface area contributed by atoms with Crippen LogP contribution in [-0.4, -0.2) is 87.7 Å². The molecule has 0 radical (unpaired) electrons. The third kappa shape index (κ3) is 13.7. The van der Waals surface area contributed by atoms with Gasteiger partial charge >= 0.3 is 6.18 Å². The van der Waals surface area contributed by atoms with Gasteiger partial charge in [0.1, 0.15) is 17.6 Å². The molecule has 0 amide bonds. The quantitative estimate of drug-likeness (QED) is 0.0572. The van der Waals surface area contributed by atoms with Crippen LogP contribution in [0.4, 0.5) is 18.9 Å². The summed E-state index contributed by atoms with van der Waals surface area (Å²) in [6.45, 7) is 17.8. The van der Waals surface area contributed by atoms with Crippen LogP contribution in [0.1, 0.15) is 73.7 Å². The number of carbonyl (C=O) groups excluding carboxylic acids is 1. The molecule has 15 heteroatoms. The first-order valence-corrected chi connectivity index (χ1v) is 19.9. The van der Waals surface area contributed by atoms with Gasteiger partial charge in [-0.15, -0.1) is 0 Å². The summed E-state index contributed by atoms with van der Waals surface area (Å²) in [5.74, 6) is 1.07. The summed E-state index contributed by atoms with van der Waals surface area (Å²) >= 11 is 5.92. The SMILES string of the molecule is C=N/C(=C\C=C/Cc1ccc(Cl)cn1)C1=CCN(Cc2nc3cc(NC)ccc3n2CC(C)OCCC)CC1.CC.CO.Cc1[nH]nc2c(C(F)(F)F)cc(C=O)cc12. The summed E-state index contributed by atoms with van der Waals surface area (Å²) in [6, 6.07) is 12.4. The van der Waals surface area contributed by atoms with E-state index in [1.807, 2.05) is 45.2 Å². The zero-order chi connectivity index (χ0) is 43.5. The lowest BCUT2D eigenvalue weighted by molar-refractivity contribution is -0.136. The maximum Gasteiger partial charge on any atom is 0.418 e. The fourth-order valence-corrected chi connectivity index (χ4v) is 6.37. The van der Waals surface area contributed by atoms with E-state index in [0.29, 0.717) is 22.4 Å². The number of aliphatic hydroxyl groups is 1. The predicted octanol–water partition coefficient (Wildman–Crippen LogP) is 9.79. The topological polar surface area (TPSA) is 134 Å². The van der Waals surface area contributed by atoms with Crippen LogP contribution < -0.4 is 5.32 Å². The van der Waals surface area contributed by atoms with Gasteiger partial charge in [-0.25, -0.2) is 4.98 Å². The molecule has 1 unspecified atom stereocenters. The fraction of sp³-hybridized carbons (Fsp3) is 0.386. The number of nitrogens with one attached hydrogen (secondary N) is 2. The fourth-order valence-electron chi connectivity index (χ4n) is 6.26. The van der Waals surface area contributed by atoms with E-state index in [1.165, 1.54) is 11.6 Å². The minimum absolute atomic E-state index is 0.00988. The Morgan fingerprint density at radius 1 is 1.19 bits per heavy atom. The average Bonchev–Trinajstić information content (AvgIpc) is 3.80. The van der Waals surface area contributed by atoms with E-state index in [4.69, 9.17) is 26.4 Å². The maximum absolute atomic E-state index is 12.7. The lowest BCUT2D eigenvalue weighted by atomic mass is 10.0. The third-order valence-electron chi connectivity index (χ3n) is 9.14. The predicted molar refractivity (Wildman–Crippen MR) is 233 cm³/mol. The molecule has 2 aromatic carbocycles. The number of alkyl halides is 3. The molecule has 0 spiro atoms. The van der Waals surface area contributed by atoms with Gasteiger partial charge < -0.3 is 19.7 Å². The number of aliphatic hydroxyl groups excluding tert-OH is 1. The highest BCUT2D eigenvalue weighted by molar-refractivity contribution is 6.30. The van der Waals surface area contributed by atoms with Crippen molar-refractivity contribution < 1.29 is 27.8 Å². The van der Waals surface area contributed by atoms with Gasteiger partial charge in [-0.1, -0.05) is 50.6 Å². The second kappa shape index (κ2) is 24.1. The average molecular weight is 837 g/mol. The molecule has 3 aromatic heterocycles. The lowest BCUT2D eigenvalue weighted by Gasteiger charge is -2.26. The highest BCUT2D eigenvalue weighted by Gasteiger charge is 2.34. The summed E-state index contributed by atoms with van der Waals surface area (Å²) < 4.78 is 46.4. The maximum atomic E-state index is 12.7. The molecule has 0 fully saturated rings. The zero-order valence-corrected chi connectivity index (χ0v) is 35.7. The summed E-state index contributed by atoms with van der Waals surface area (Å²) in [6.07, 6.45) is 8.73. The van der Waals surface area contributed by atoms with Crippen LogP contribution in [0.15, 0.2) is 89.2 Å². The van der Waals surface area contributed by atoms with Crippen molar-refractivity contribution in [2.45, 2.75) is 79.3 Å². The van der Waals surface area contributed by atoms with Gasteiger partial charge in [-0.05, 0) is 87.5 Å². The highest BCUT2D eigenvalue weighted by atomic mass is 35.5. The smallest absolute Gasteiger partial charge is 0.400 e. The molecule has 59 heavy (non-hydrogen) atoms. The lowest BCUT2D eigenvalue weighted by Crippen LogP contribution is -2.30. The first kappa shape index (κ1) is 48.2. The number of benzene rings is 2. The Morgan fingerprint density at radius 2 is 1.95 bits per heavy atom. The number of fused-ring (bicyclic) bond motifs is 2. The van der Waals surface area contributed by atoms with Crippen LogP contribution in [0.3, 0.4) is 0 Å². The van der Waals surface area contributed by atoms with Gasteiger partial charge in [0, 0.05) is 74.5 Å². The summed E-state index contributed by atoms with van der Waals surface area (Å²) in [7, 11) is 2.94. The molecule has 11 nitrogen and oxygen atoms in total. The highest BCUT2D eigenvalue weighted by Crippen LogP contribution is 2.35. The summed E-state index contributed by atoms with van der Waals surface area (Å²) in [4.78, 5) is 26.7. The van der Waals surface area contributed by atoms with Crippen molar-refractivity contribution in [2.75, 3.05) is 39.2 Å². The number of carbonyl (C=O) groups is 1. The monoisotopic (exact) mass is 836 g/mol. The number of imidazole rings is 1. The standard InChI is InChI=1S/C31H39ClN6O.C10H7F3N2O.C2H6.CH4O/c1-5-18-39-23(2)21-38-30-13-12-27(33-3)19-29(30)36-31(38)22-37-16-14-24(15-17-37)28(34-4)9-7-6-8-26-11-10-25(32)20-35-26;1-5-7-2-6(4-16)3-8(10(11,12)13)9(7)15-14-5;2*1-2/h6-7,9-14,19-20,23,33H,4-5,8,15-18,21-22H2,1-3H3;2-4H,1H3,(H,14,15);1-2H3;2H,1H3/b7-6-,28-9-;;;. The number of H-pyrrole nitrogens is 1. The molecule has 1 atom stereocenters. The van der Waals surface area contributed by atoms with Crippen LogP contribution in [0, 0.1) is 6.92 Å². The summed E-state index contributed by atoms with van der Waals surface area (Å²) in [5, 5.41) is 17.3. The number of nitrogens with zero attached hydrogens (tertiary/aromatic N) is 6. The largest absolute Gasteiger partial charge is 0.418 e. The Kier molecular flexibility index (Phi) is 19.7. The van der Waals surface area contributed by atoms with Crippen LogP contribution in [0.2, 0.25) is 5.02 Å². The molecule has 1 aliphatic heterocycles. The van der Waals surface area contributed by atoms with Crippen LogP contribution >= 0.6 is 11.6 Å².